The van der Waals surface area contributed by atoms with E-state index in [9.17, 15) is 0 Å². The van der Waals surface area contributed by atoms with E-state index in [1.54, 1.807) is 0 Å². The Morgan fingerprint density at radius 3 is 1.87 bits per heavy atom. The summed E-state index contributed by atoms with van der Waals surface area (Å²) in [5, 5.41) is 2.22. The number of hydrogen-bond donors (Lipinski definition) is 0. The number of aromatic nitrogens is 2. The van der Waals surface area contributed by atoms with Crippen molar-refractivity contribution >= 4 is 44.6 Å². The monoisotopic (exact) mass is 1100 g/mol. The molecule has 0 saturated carbocycles. The van der Waals surface area contributed by atoms with Gasteiger partial charge in [-0.25, -0.2) is 4.98 Å². The van der Waals surface area contributed by atoms with Crippen LogP contribution >= 0.6 is 0 Å². The third kappa shape index (κ3) is 8.98. The number of nitrogens with zero attached hydrogens (tertiary/aromatic N) is 4. The van der Waals surface area contributed by atoms with Crippen LogP contribution in [0.25, 0.3) is 49.9 Å². The molecule has 0 atom stereocenters. The number of fused-ring (bicyclic) bond motifs is 4. The van der Waals surface area contributed by atoms with E-state index in [0.29, 0.717) is 11.5 Å². The van der Waals surface area contributed by atoms with E-state index in [1.807, 2.05) is 24.4 Å². The van der Waals surface area contributed by atoms with E-state index in [4.69, 9.17) is 9.72 Å². The van der Waals surface area contributed by atoms with Crippen molar-refractivity contribution in [2.75, 3.05) is 9.80 Å². The van der Waals surface area contributed by atoms with Gasteiger partial charge in [0, 0.05) is 72.3 Å². The van der Waals surface area contributed by atoms with Crippen molar-refractivity contribution in [1.29, 1.82) is 0 Å². The van der Waals surface area contributed by atoms with E-state index in [2.05, 4.69) is 258 Å². The van der Waals surface area contributed by atoms with Crippen LogP contribution in [0.3, 0.4) is 0 Å². The first-order valence-electron chi connectivity index (χ1n) is 24.3. The molecule has 5 nitrogen and oxygen atoms in total. The summed E-state index contributed by atoms with van der Waals surface area (Å²) in [7, 11) is 0. The van der Waals surface area contributed by atoms with Crippen molar-refractivity contribution in [2.24, 2.45) is 0 Å². The van der Waals surface area contributed by atoms with Gasteiger partial charge in [0.25, 0.3) is 0 Å². The largest absolute Gasteiger partial charge is 0.509 e. The minimum atomic E-state index is -0.248. The maximum Gasteiger partial charge on any atom is 0.135 e. The van der Waals surface area contributed by atoms with Gasteiger partial charge in [-0.15, -0.1) is 48.1 Å². The number of ether oxygens (including phenoxy) is 1. The zero-order valence-electron chi connectivity index (χ0n) is 41.6. The Balaban J connectivity index is 0.00000582. The standard InChI is InChI=1S/C65H57N4O.Pt/c1-63(2,3)48-30-32-56-57-33-31-54(42-60(57)69(59(56)39-48)61-40-49(34-35-66-61)65(7,8)47-24-16-11-17-25-47)70-53-27-18-26-51(41-53)67-43-68(62-55(28-19-29-58(62)67)45-22-14-10-15-23-45)52-37-46(44-20-12-9-13-21-44)36-50(38-52)64(4,5)6;/h9-40,43H,1-8H3;/q-3;. The van der Waals surface area contributed by atoms with Crippen molar-refractivity contribution in [3.63, 3.8) is 0 Å². The van der Waals surface area contributed by atoms with Crippen molar-refractivity contribution in [3.05, 3.63) is 235 Å². The SMILES string of the molecule is CC(C)(C)c1cc(-c2ccccc2)cc(N2[CH-]N(c3[c-]c(Oc4[c-]c5c(cc4)c4ccc(C(C)(C)C)cc4n5-c4cc(C(C)(C)c5ccccc5)ccn4)ccc3)c3cccc(-c4ccccc4)c32)c1.[Pt]. The molecule has 6 heteroatoms. The van der Waals surface area contributed by atoms with Gasteiger partial charge in [-0.3, -0.25) is 0 Å². The predicted octanol–water partition coefficient (Wildman–Crippen LogP) is 17.2. The van der Waals surface area contributed by atoms with Crippen LogP contribution in [0, 0.1) is 18.8 Å². The van der Waals surface area contributed by atoms with Gasteiger partial charge in [0.2, 0.25) is 0 Å². The molecule has 3 heterocycles. The number of hydrogen-bond acceptors (Lipinski definition) is 4. The molecule has 356 valence electrons. The summed E-state index contributed by atoms with van der Waals surface area (Å²) < 4.78 is 9.05. The van der Waals surface area contributed by atoms with Gasteiger partial charge >= 0.3 is 0 Å². The van der Waals surface area contributed by atoms with Crippen molar-refractivity contribution in [1.82, 2.24) is 9.55 Å². The second kappa shape index (κ2) is 18.5. The van der Waals surface area contributed by atoms with Gasteiger partial charge in [-0.2, -0.15) is 12.1 Å². The first-order valence-corrected chi connectivity index (χ1v) is 24.3. The second-order valence-corrected chi connectivity index (χ2v) is 21.1. The molecule has 1 aliphatic heterocycles. The Hall–Kier alpha value is -7.20. The Bertz CT molecular complexity index is 3550. The predicted molar refractivity (Wildman–Crippen MR) is 291 cm³/mol. The summed E-state index contributed by atoms with van der Waals surface area (Å²) in [6.07, 6.45) is 1.93. The summed E-state index contributed by atoms with van der Waals surface area (Å²) in [6, 6.07) is 74.4. The Labute approximate surface area is 433 Å². The normalized spacial score (nSPS) is 12.8. The fraction of sp³-hybridized carbons (Fsp3) is 0.169. The van der Waals surface area contributed by atoms with Crippen LogP contribution in [0.15, 0.2) is 194 Å². The van der Waals surface area contributed by atoms with Crippen LogP contribution in [0.4, 0.5) is 22.7 Å². The van der Waals surface area contributed by atoms with Gasteiger partial charge in [0.05, 0.1) is 0 Å². The van der Waals surface area contributed by atoms with Gasteiger partial charge in [0.1, 0.15) is 5.82 Å². The first-order chi connectivity index (χ1) is 33.7. The van der Waals surface area contributed by atoms with Gasteiger partial charge < -0.3 is 19.1 Å². The Morgan fingerprint density at radius 2 is 1.15 bits per heavy atom. The van der Waals surface area contributed by atoms with Crippen molar-refractivity contribution in [3.8, 4) is 39.6 Å². The molecule has 1 aliphatic rings. The molecule has 0 spiro atoms. The van der Waals surface area contributed by atoms with E-state index < -0.39 is 0 Å². The third-order valence-corrected chi connectivity index (χ3v) is 13.9. The first kappa shape index (κ1) is 47.5. The van der Waals surface area contributed by atoms with Crippen LogP contribution in [0.5, 0.6) is 11.5 Å². The molecule has 10 aromatic rings. The molecular weight excluding hydrogens is 1050 g/mol. The minimum Gasteiger partial charge on any atom is -0.509 e. The fourth-order valence-electron chi connectivity index (χ4n) is 9.83. The quantitative estimate of drug-likeness (QED) is 0.135. The van der Waals surface area contributed by atoms with Crippen LogP contribution in [-0.4, -0.2) is 9.55 Å². The maximum atomic E-state index is 6.80. The number of benzene rings is 8. The Morgan fingerprint density at radius 1 is 0.493 bits per heavy atom. The number of anilines is 4. The van der Waals surface area contributed by atoms with Crippen LogP contribution in [-0.2, 0) is 37.3 Å². The molecule has 0 aliphatic carbocycles. The van der Waals surface area contributed by atoms with Crippen LogP contribution in [0.2, 0.25) is 0 Å². The molecule has 0 fully saturated rings. The summed E-state index contributed by atoms with van der Waals surface area (Å²) in [5.41, 5.74) is 15.3. The molecule has 0 bridgehead atoms. The summed E-state index contributed by atoms with van der Waals surface area (Å²) >= 11 is 0. The molecule has 0 amide bonds. The molecule has 2 aromatic heterocycles. The summed E-state index contributed by atoms with van der Waals surface area (Å²) in [4.78, 5) is 9.62. The minimum absolute atomic E-state index is 0. The topological polar surface area (TPSA) is 33.5 Å². The number of rotatable bonds is 9. The second-order valence-electron chi connectivity index (χ2n) is 21.1. The molecule has 0 saturated heterocycles. The smallest absolute Gasteiger partial charge is 0.135 e. The zero-order chi connectivity index (χ0) is 48.4. The van der Waals surface area contributed by atoms with Gasteiger partial charge in [-0.05, 0) is 91.6 Å². The molecule has 0 N–H and O–H groups in total. The average molecular weight is 1110 g/mol. The molecule has 11 rings (SSSR count). The van der Waals surface area contributed by atoms with Gasteiger partial charge in [0.15, 0.2) is 0 Å². The van der Waals surface area contributed by atoms with Crippen molar-refractivity contribution < 1.29 is 25.8 Å². The van der Waals surface area contributed by atoms with Crippen LogP contribution < -0.4 is 14.5 Å². The molecule has 71 heavy (non-hydrogen) atoms. The fourth-order valence-corrected chi connectivity index (χ4v) is 9.83. The number of para-hydroxylation sites is 1. The third-order valence-electron chi connectivity index (χ3n) is 13.9. The number of pyridine rings is 1. The summed E-state index contributed by atoms with van der Waals surface area (Å²) in [6.45, 7) is 20.4. The maximum absolute atomic E-state index is 6.80. The van der Waals surface area contributed by atoms with Gasteiger partial charge in [-0.1, -0.05) is 182 Å². The molecule has 0 unspecified atom stereocenters. The average Bonchev–Trinajstić information content (AvgIpc) is 3.93. The van der Waals surface area contributed by atoms with Crippen LogP contribution in [0.1, 0.15) is 77.6 Å². The summed E-state index contributed by atoms with van der Waals surface area (Å²) in [5.74, 6) is 2.01. The van der Waals surface area contributed by atoms with E-state index in [0.717, 1.165) is 61.5 Å². The van der Waals surface area contributed by atoms with E-state index in [-0.39, 0.29) is 37.3 Å². The molecule has 0 radical (unpaired) electrons. The molecular formula is C65H57N4OPt-3. The molecule has 8 aromatic carbocycles. The van der Waals surface area contributed by atoms with E-state index >= 15 is 0 Å². The van der Waals surface area contributed by atoms with Crippen molar-refractivity contribution in [2.45, 2.75) is 71.6 Å². The zero-order valence-corrected chi connectivity index (χ0v) is 43.8. The van der Waals surface area contributed by atoms with E-state index in [1.165, 1.54) is 33.4 Å². The Kier molecular flexibility index (Phi) is 12.4.